The summed E-state index contributed by atoms with van der Waals surface area (Å²) in [5.74, 6) is -39.9. The second-order valence-electron chi connectivity index (χ2n) is 6.73. The van der Waals surface area contributed by atoms with Gasteiger partial charge in [0, 0.05) is 0 Å². The predicted octanol–water partition coefficient (Wildman–Crippen LogP) is 6.44. The van der Waals surface area contributed by atoms with Crippen LogP contribution in [0.1, 0.15) is 17.5 Å². The van der Waals surface area contributed by atoms with E-state index in [1.165, 1.54) is 0 Å². The van der Waals surface area contributed by atoms with Gasteiger partial charge in [0.05, 0.1) is 18.1 Å². The second kappa shape index (κ2) is 8.05. The van der Waals surface area contributed by atoms with Crippen LogP contribution in [0, 0.1) is 11.3 Å². The van der Waals surface area contributed by atoms with Crippen LogP contribution in [-0.4, -0.2) is 47.1 Å². The van der Waals surface area contributed by atoms with Crippen LogP contribution in [0.25, 0.3) is 0 Å². The Morgan fingerprint density at radius 3 is 1.47 bits per heavy atom. The van der Waals surface area contributed by atoms with Crippen molar-refractivity contribution in [2.75, 3.05) is 0 Å². The lowest BCUT2D eigenvalue weighted by molar-refractivity contribution is -0.443. The number of nitrogens with zero attached hydrogens (tertiary/aromatic N) is 1. The fraction of sp³-hybridized carbons (Fsp3) is 0.562. The first-order valence-corrected chi connectivity index (χ1v) is 8.00. The summed E-state index contributed by atoms with van der Waals surface area (Å²) in [7, 11) is 0. The molecule has 1 aromatic carbocycles. The molecule has 0 spiro atoms. The Kier molecular flexibility index (Phi) is 7.01. The van der Waals surface area contributed by atoms with Gasteiger partial charge < -0.3 is 5.11 Å². The monoisotopic (exact) mass is 533 g/mol. The fourth-order valence-electron chi connectivity index (χ4n) is 2.45. The minimum Gasteiger partial charge on any atom is -0.376 e. The van der Waals surface area contributed by atoms with E-state index in [1.54, 1.807) is 0 Å². The van der Waals surface area contributed by atoms with Gasteiger partial charge in [-0.05, 0) is 17.7 Å². The highest BCUT2D eigenvalue weighted by Crippen LogP contribution is 2.62. The molecule has 0 bridgehead atoms. The number of nitriles is 1. The van der Waals surface area contributed by atoms with Crippen LogP contribution in [0.3, 0.4) is 0 Å². The van der Waals surface area contributed by atoms with Crippen molar-refractivity contribution in [2.24, 2.45) is 0 Å². The van der Waals surface area contributed by atoms with Crippen molar-refractivity contribution in [3.8, 4) is 6.07 Å². The highest BCUT2D eigenvalue weighted by Gasteiger charge is 2.91. The number of alkyl halides is 16. The van der Waals surface area contributed by atoms with Gasteiger partial charge in [-0.2, -0.15) is 75.5 Å². The van der Waals surface area contributed by atoms with E-state index in [9.17, 15) is 75.4 Å². The van der Waals surface area contributed by atoms with Crippen LogP contribution in [0.4, 0.5) is 70.2 Å². The molecule has 0 aromatic heterocycles. The summed E-state index contributed by atoms with van der Waals surface area (Å²) in [5.41, 5.74) is -8.01. The fourth-order valence-corrected chi connectivity index (χ4v) is 2.45. The molecule has 0 saturated carbocycles. The first-order chi connectivity index (χ1) is 14.7. The number of rotatable bonds is 7. The standard InChI is InChI=1S/C16H7F16NO/c17-10(18,6-9(34,15(27,28)29)8-3-1-2-7(4-8)5-33)11(19,20)12(21,22)13(23,24)14(25,26)16(30,31)32/h1-4,34H,6H2. The second-order valence-corrected chi connectivity index (χ2v) is 6.73. The summed E-state index contributed by atoms with van der Waals surface area (Å²) in [6, 6.07) is 2.34. The summed E-state index contributed by atoms with van der Waals surface area (Å²) in [6.07, 6.45) is -18.1. The molecule has 34 heavy (non-hydrogen) atoms. The van der Waals surface area contributed by atoms with Gasteiger partial charge in [-0.3, -0.25) is 0 Å². The third-order valence-corrected chi connectivity index (χ3v) is 4.41. The summed E-state index contributed by atoms with van der Waals surface area (Å²) in [6.45, 7) is 0. The molecule has 0 saturated heterocycles. The first kappa shape index (κ1) is 29.6. The lowest BCUT2D eigenvalue weighted by Crippen LogP contribution is -2.70. The van der Waals surface area contributed by atoms with Gasteiger partial charge in [0.25, 0.3) is 0 Å². The van der Waals surface area contributed by atoms with Crippen LogP contribution >= 0.6 is 0 Å². The topological polar surface area (TPSA) is 44.0 Å². The molecule has 0 heterocycles. The Balaban J connectivity index is 3.71. The molecule has 0 aliphatic carbocycles. The Morgan fingerprint density at radius 1 is 0.647 bits per heavy atom. The van der Waals surface area contributed by atoms with Crippen molar-refractivity contribution < 1.29 is 75.4 Å². The molecule has 1 N–H and O–H groups in total. The van der Waals surface area contributed by atoms with E-state index < -0.39 is 65.1 Å². The molecule has 1 aromatic rings. The smallest absolute Gasteiger partial charge is 0.376 e. The molecule has 194 valence electrons. The quantitative estimate of drug-likeness (QED) is 0.411. The summed E-state index contributed by atoms with van der Waals surface area (Å²) in [5, 5.41) is 18.3. The Morgan fingerprint density at radius 2 is 1.09 bits per heavy atom. The van der Waals surface area contributed by atoms with Crippen LogP contribution in [0.2, 0.25) is 0 Å². The average Bonchev–Trinajstić information content (AvgIpc) is 2.65. The molecule has 0 radical (unpaired) electrons. The molecule has 0 fully saturated rings. The van der Waals surface area contributed by atoms with E-state index in [2.05, 4.69) is 0 Å². The lowest BCUT2D eigenvalue weighted by Gasteiger charge is -2.42. The normalized spacial score (nSPS) is 16.7. The van der Waals surface area contributed by atoms with Gasteiger partial charge >= 0.3 is 42.0 Å². The third-order valence-electron chi connectivity index (χ3n) is 4.41. The number of halogens is 16. The molecule has 1 rings (SSSR count). The molecule has 0 amide bonds. The van der Waals surface area contributed by atoms with E-state index in [4.69, 9.17) is 5.26 Å². The zero-order valence-electron chi connectivity index (χ0n) is 15.5. The van der Waals surface area contributed by atoms with Crippen molar-refractivity contribution in [1.29, 1.82) is 5.26 Å². The highest BCUT2D eigenvalue weighted by atomic mass is 19.4. The van der Waals surface area contributed by atoms with Gasteiger partial charge in [-0.25, -0.2) is 0 Å². The zero-order valence-corrected chi connectivity index (χ0v) is 15.5. The Hall–Kier alpha value is -2.45. The van der Waals surface area contributed by atoms with Gasteiger partial charge in [-0.1, -0.05) is 12.1 Å². The van der Waals surface area contributed by atoms with E-state index >= 15 is 0 Å². The molecular weight excluding hydrogens is 526 g/mol. The molecular formula is C16H7F16NO. The first-order valence-electron chi connectivity index (χ1n) is 8.00. The van der Waals surface area contributed by atoms with Crippen LogP contribution in [0.15, 0.2) is 24.3 Å². The Labute approximate surface area is 177 Å². The largest absolute Gasteiger partial charge is 0.460 e. The summed E-state index contributed by atoms with van der Waals surface area (Å²) < 4.78 is 211. The highest BCUT2D eigenvalue weighted by molar-refractivity contribution is 5.36. The van der Waals surface area contributed by atoms with Gasteiger partial charge in [0.1, 0.15) is 0 Å². The van der Waals surface area contributed by atoms with E-state index in [0.717, 1.165) is 6.07 Å². The molecule has 1 atom stereocenters. The predicted molar refractivity (Wildman–Crippen MR) is 76.5 cm³/mol. The minimum absolute atomic E-state index is 0.0355. The van der Waals surface area contributed by atoms with Crippen molar-refractivity contribution in [3.05, 3.63) is 35.4 Å². The van der Waals surface area contributed by atoms with Crippen molar-refractivity contribution >= 4 is 0 Å². The van der Waals surface area contributed by atoms with Crippen LogP contribution < -0.4 is 0 Å². The molecule has 0 aliphatic heterocycles. The van der Waals surface area contributed by atoms with Gasteiger partial charge in [0.2, 0.25) is 0 Å². The van der Waals surface area contributed by atoms with Crippen molar-refractivity contribution in [1.82, 2.24) is 0 Å². The number of aliphatic hydroxyl groups is 1. The maximum Gasteiger partial charge on any atom is 0.460 e. The van der Waals surface area contributed by atoms with Gasteiger partial charge in [-0.15, -0.1) is 0 Å². The van der Waals surface area contributed by atoms with Crippen LogP contribution in [-0.2, 0) is 5.60 Å². The van der Waals surface area contributed by atoms with E-state index in [0.29, 0.717) is 12.1 Å². The molecule has 1 unspecified atom stereocenters. The van der Waals surface area contributed by atoms with Crippen molar-refractivity contribution in [2.45, 2.75) is 54.0 Å². The summed E-state index contributed by atoms with van der Waals surface area (Å²) in [4.78, 5) is 0. The lowest BCUT2D eigenvalue weighted by atomic mass is 9.82. The maximum atomic E-state index is 14.0. The van der Waals surface area contributed by atoms with Gasteiger partial charge in [0.15, 0.2) is 5.60 Å². The molecule has 0 aliphatic rings. The SMILES string of the molecule is N#Cc1cccc(C(O)(CC(F)(F)C(F)(F)C(F)(F)C(F)(F)C(F)(F)C(F)(F)F)C(F)(F)F)c1. The molecule has 18 heteroatoms. The average molecular weight is 533 g/mol. The number of benzene rings is 1. The molecule has 2 nitrogen and oxygen atoms in total. The van der Waals surface area contributed by atoms with E-state index in [-0.39, 0.29) is 12.1 Å². The zero-order chi connectivity index (χ0) is 27.4. The maximum absolute atomic E-state index is 14.0. The van der Waals surface area contributed by atoms with Crippen LogP contribution in [0.5, 0.6) is 0 Å². The number of hydrogen-bond donors (Lipinski definition) is 1. The minimum atomic E-state index is -8.32. The third kappa shape index (κ3) is 4.22. The summed E-state index contributed by atoms with van der Waals surface area (Å²) >= 11 is 0. The Bertz CT molecular complexity index is 942. The van der Waals surface area contributed by atoms with E-state index in [1.807, 2.05) is 0 Å². The van der Waals surface area contributed by atoms with Crippen molar-refractivity contribution in [3.63, 3.8) is 0 Å². The number of hydrogen-bond acceptors (Lipinski definition) is 2.